The molecule has 2 aliphatic heterocycles. The molecule has 0 unspecified atom stereocenters. The van der Waals surface area contributed by atoms with Gasteiger partial charge in [0.25, 0.3) is 0 Å². The first kappa shape index (κ1) is 24.7. The van der Waals surface area contributed by atoms with E-state index in [1.807, 2.05) is 37.2 Å². The second-order valence-electron chi connectivity index (χ2n) is 9.88. The molecule has 0 radical (unpaired) electrons. The van der Waals surface area contributed by atoms with Crippen molar-refractivity contribution in [3.8, 4) is 5.75 Å². The lowest BCUT2D eigenvalue weighted by Gasteiger charge is -2.40. The van der Waals surface area contributed by atoms with Crippen molar-refractivity contribution < 1.29 is 9.84 Å². The number of rotatable bonds is 10. The highest BCUT2D eigenvalue weighted by atomic mass is 16.5. The molecule has 2 fully saturated rings. The first-order valence-corrected chi connectivity index (χ1v) is 12.6. The van der Waals surface area contributed by atoms with Gasteiger partial charge in [0.1, 0.15) is 30.3 Å². The van der Waals surface area contributed by atoms with Crippen molar-refractivity contribution in [2.75, 3.05) is 69.8 Å². The third kappa shape index (κ3) is 7.04. The normalized spacial score (nSPS) is 21.4. The van der Waals surface area contributed by atoms with E-state index in [4.69, 9.17) is 4.74 Å². The molecule has 0 spiro atoms. The van der Waals surface area contributed by atoms with Gasteiger partial charge in [-0.25, -0.2) is 9.97 Å². The van der Waals surface area contributed by atoms with Gasteiger partial charge in [-0.3, -0.25) is 4.90 Å². The van der Waals surface area contributed by atoms with Gasteiger partial charge in [0, 0.05) is 52.9 Å². The standard InChI is InChI=1S/C26H40N6O2/c1-30(2)24-17-25(29-21-28-24)32-13-7-10-26(33,20-32)19-27-18-22-8-6-9-23(16-22)34-15-14-31-11-4-3-5-12-31/h6,8-9,16-17,21,27,33H,3-5,7,10-15,18-20H2,1-2H3/t26-/m0/s1. The topological polar surface area (TPSA) is 77.0 Å². The molecule has 2 N–H and O–H groups in total. The van der Waals surface area contributed by atoms with Crippen LogP contribution in [0.3, 0.4) is 0 Å². The van der Waals surface area contributed by atoms with Gasteiger partial charge in [-0.1, -0.05) is 18.6 Å². The summed E-state index contributed by atoms with van der Waals surface area (Å²) in [5.74, 6) is 2.65. The molecule has 8 nitrogen and oxygen atoms in total. The molecular formula is C26H40N6O2. The van der Waals surface area contributed by atoms with E-state index in [-0.39, 0.29) is 0 Å². The third-order valence-electron chi connectivity index (χ3n) is 6.78. The predicted octanol–water partition coefficient (Wildman–Crippen LogP) is 2.53. The van der Waals surface area contributed by atoms with E-state index in [0.29, 0.717) is 19.6 Å². The minimum atomic E-state index is -0.788. The summed E-state index contributed by atoms with van der Waals surface area (Å²) in [6.07, 6.45) is 7.28. The maximum absolute atomic E-state index is 11.3. The molecule has 1 aromatic carbocycles. The Labute approximate surface area is 203 Å². The number of benzene rings is 1. The maximum Gasteiger partial charge on any atom is 0.134 e. The maximum atomic E-state index is 11.3. The van der Waals surface area contributed by atoms with Crippen LogP contribution in [0.15, 0.2) is 36.7 Å². The van der Waals surface area contributed by atoms with Crippen LogP contribution in [-0.4, -0.2) is 85.5 Å². The van der Waals surface area contributed by atoms with Crippen LogP contribution in [0.2, 0.25) is 0 Å². The Morgan fingerprint density at radius 3 is 2.76 bits per heavy atom. The van der Waals surface area contributed by atoms with E-state index >= 15 is 0 Å². The zero-order valence-electron chi connectivity index (χ0n) is 20.7. The summed E-state index contributed by atoms with van der Waals surface area (Å²) in [5, 5.41) is 14.7. The minimum absolute atomic E-state index is 0.537. The van der Waals surface area contributed by atoms with E-state index in [2.05, 4.69) is 37.2 Å². The Hall–Kier alpha value is -2.42. The van der Waals surface area contributed by atoms with Crippen LogP contribution in [0.5, 0.6) is 5.75 Å². The number of anilines is 2. The molecule has 186 valence electrons. The van der Waals surface area contributed by atoms with Gasteiger partial charge in [0.15, 0.2) is 0 Å². The zero-order valence-corrected chi connectivity index (χ0v) is 20.7. The monoisotopic (exact) mass is 468 g/mol. The number of nitrogens with one attached hydrogen (secondary N) is 1. The lowest BCUT2D eigenvalue weighted by atomic mass is 9.92. The molecule has 2 saturated heterocycles. The molecule has 2 aliphatic rings. The molecule has 4 rings (SSSR count). The third-order valence-corrected chi connectivity index (χ3v) is 6.78. The van der Waals surface area contributed by atoms with E-state index < -0.39 is 5.60 Å². The smallest absolute Gasteiger partial charge is 0.134 e. The highest BCUT2D eigenvalue weighted by molar-refractivity contribution is 5.49. The Morgan fingerprint density at radius 1 is 1.09 bits per heavy atom. The van der Waals surface area contributed by atoms with E-state index in [1.54, 1.807) is 6.33 Å². The lowest BCUT2D eigenvalue weighted by molar-refractivity contribution is 0.0259. The second-order valence-corrected chi connectivity index (χ2v) is 9.88. The number of β-amino-alcohol motifs (C(OH)–C–C–N with tert-alkyl or cyclic N) is 1. The predicted molar refractivity (Wildman–Crippen MR) is 137 cm³/mol. The Balaban J connectivity index is 1.24. The molecule has 8 heteroatoms. The first-order chi connectivity index (χ1) is 16.5. The van der Waals surface area contributed by atoms with Gasteiger partial charge in [-0.05, 0) is 56.5 Å². The van der Waals surface area contributed by atoms with Crippen LogP contribution in [0.4, 0.5) is 11.6 Å². The summed E-state index contributed by atoms with van der Waals surface area (Å²) in [6, 6.07) is 10.3. The Morgan fingerprint density at radius 2 is 1.94 bits per heavy atom. The number of nitrogens with zero attached hydrogens (tertiary/aromatic N) is 5. The number of aromatic nitrogens is 2. The fraction of sp³-hybridized carbons (Fsp3) is 0.615. The van der Waals surface area contributed by atoms with Crippen LogP contribution in [0.25, 0.3) is 0 Å². The van der Waals surface area contributed by atoms with Crippen LogP contribution in [-0.2, 0) is 6.54 Å². The molecule has 1 aromatic heterocycles. The average Bonchev–Trinajstić information content (AvgIpc) is 2.85. The van der Waals surface area contributed by atoms with Crippen molar-refractivity contribution in [1.82, 2.24) is 20.2 Å². The highest BCUT2D eigenvalue weighted by Crippen LogP contribution is 2.26. The van der Waals surface area contributed by atoms with Gasteiger partial charge >= 0.3 is 0 Å². The van der Waals surface area contributed by atoms with Crippen molar-refractivity contribution in [1.29, 1.82) is 0 Å². The number of ether oxygens (including phenoxy) is 1. The van der Waals surface area contributed by atoms with Gasteiger partial charge in [0.05, 0.1) is 5.60 Å². The highest BCUT2D eigenvalue weighted by Gasteiger charge is 2.33. The molecule has 2 aromatic rings. The lowest BCUT2D eigenvalue weighted by Crippen LogP contribution is -2.53. The number of likely N-dealkylation sites (tertiary alicyclic amines) is 1. The summed E-state index contributed by atoms with van der Waals surface area (Å²) in [5.41, 5.74) is 0.377. The number of piperidine rings is 2. The van der Waals surface area contributed by atoms with Gasteiger partial charge in [0.2, 0.25) is 0 Å². The Bertz CT molecular complexity index is 904. The summed E-state index contributed by atoms with van der Waals surface area (Å²) in [7, 11) is 3.94. The van der Waals surface area contributed by atoms with Crippen LogP contribution >= 0.6 is 0 Å². The molecule has 0 aliphatic carbocycles. The number of hydrogen-bond acceptors (Lipinski definition) is 8. The molecule has 0 amide bonds. The molecular weight excluding hydrogens is 428 g/mol. The largest absolute Gasteiger partial charge is 0.492 e. The summed E-state index contributed by atoms with van der Waals surface area (Å²) in [6.45, 7) is 6.80. The summed E-state index contributed by atoms with van der Waals surface area (Å²) < 4.78 is 6.01. The van der Waals surface area contributed by atoms with Crippen molar-refractivity contribution in [3.05, 3.63) is 42.2 Å². The van der Waals surface area contributed by atoms with Crippen LogP contribution in [0, 0.1) is 0 Å². The van der Waals surface area contributed by atoms with Crippen molar-refractivity contribution in [3.63, 3.8) is 0 Å². The molecule has 0 saturated carbocycles. The van der Waals surface area contributed by atoms with Gasteiger partial charge < -0.3 is 25.0 Å². The van der Waals surface area contributed by atoms with Gasteiger partial charge in [-0.2, -0.15) is 0 Å². The van der Waals surface area contributed by atoms with E-state index in [9.17, 15) is 5.11 Å². The van der Waals surface area contributed by atoms with Crippen molar-refractivity contribution >= 4 is 11.6 Å². The SMILES string of the molecule is CN(C)c1cc(N2CCC[C@](O)(CNCc3cccc(OCCN4CCCCC4)c3)C2)ncn1. The molecule has 3 heterocycles. The van der Waals surface area contributed by atoms with Crippen molar-refractivity contribution in [2.24, 2.45) is 0 Å². The van der Waals surface area contributed by atoms with Gasteiger partial charge in [-0.15, -0.1) is 0 Å². The summed E-state index contributed by atoms with van der Waals surface area (Å²) in [4.78, 5) is 15.4. The Kier molecular flexibility index (Phi) is 8.59. The second kappa shape index (κ2) is 11.8. The zero-order chi connectivity index (χ0) is 23.8. The number of aliphatic hydroxyl groups is 1. The quantitative estimate of drug-likeness (QED) is 0.551. The fourth-order valence-corrected chi connectivity index (χ4v) is 4.87. The molecule has 0 bridgehead atoms. The molecule has 1 atom stereocenters. The molecule has 34 heavy (non-hydrogen) atoms. The summed E-state index contributed by atoms with van der Waals surface area (Å²) >= 11 is 0. The average molecular weight is 469 g/mol. The minimum Gasteiger partial charge on any atom is -0.492 e. The fourth-order valence-electron chi connectivity index (χ4n) is 4.87. The van der Waals surface area contributed by atoms with E-state index in [1.165, 1.54) is 32.4 Å². The van der Waals surface area contributed by atoms with Crippen LogP contribution in [0.1, 0.15) is 37.7 Å². The van der Waals surface area contributed by atoms with Crippen LogP contribution < -0.4 is 19.9 Å². The first-order valence-electron chi connectivity index (χ1n) is 12.6. The number of hydrogen-bond donors (Lipinski definition) is 2. The van der Waals surface area contributed by atoms with Crippen molar-refractivity contribution in [2.45, 2.75) is 44.2 Å². The van der Waals surface area contributed by atoms with E-state index in [0.717, 1.165) is 55.5 Å².